The molecule has 1 saturated heterocycles. The van der Waals surface area contributed by atoms with Crippen LogP contribution in [0, 0.1) is 6.92 Å². The highest BCUT2D eigenvalue weighted by Crippen LogP contribution is 2.29. The van der Waals surface area contributed by atoms with Crippen LogP contribution in [-0.4, -0.2) is 53.5 Å². The number of rotatable bonds is 7. The molecule has 158 valence electrons. The molecule has 1 aromatic heterocycles. The van der Waals surface area contributed by atoms with Gasteiger partial charge in [-0.1, -0.05) is 13.8 Å². The number of aromatic nitrogens is 1. The molecule has 0 saturated carbocycles. The Morgan fingerprint density at radius 3 is 2.69 bits per heavy atom. The molecule has 2 N–H and O–H groups in total. The largest absolute Gasteiger partial charge is 0.356 e. The van der Waals surface area contributed by atoms with Crippen LogP contribution >= 0.6 is 23.5 Å². The van der Waals surface area contributed by atoms with Crippen molar-refractivity contribution in [1.82, 2.24) is 9.29 Å². The first-order chi connectivity index (χ1) is 13.8. The minimum atomic E-state index is -3.57. The second kappa shape index (κ2) is 9.59. The SMILES string of the molecule is CCC(C)Sc1ccc(NC(=O)c2cc(S(=O)(=O)N3CCSCC3)c[nH]2)c(C)c1. The fourth-order valence-electron chi connectivity index (χ4n) is 2.95. The van der Waals surface area contributed by atoms with E-state index in [9.17, 15) is 13.2 Å². The van der Waals surface area contributed by atoms with Crippen molar-refractivity contribution in [2.45, 2.75) is 42.2 Å². The van der Waals surface area contributed by atoms with Gasteiger partial charge in [-0.25, -0.2) is 8.42 Å². The van der Waals surface area contributed by atoms with Gasteiger partial charge in [0.1, 0.15) is 10.6 Å². The normalized spacial score (nSPS) is 16.5. The lowest BCUT2D eigenvalue weighted by Gasteiger charge is -2.24. The molecule has 1 fully saturated rings. The van der Waals surface area contributed by atoms with E-state index in [2.05, 4.69) is 30.2 Å². The second-order valence-electron chi connectivity index (χ2n) is 7.03. The summed E-state index contributed by atoms with van der Waals surface area (Å²) in [4.78, 5) is 16.7. The van der Waals surface area contributed by atoms with Gasteiger partial charge in [-0.3, -0.25) is 4.79 Å². The average Bonchev–Trinajstić information content (AvgIpc) is 3.22. The van der Waals surface area contributed by atoms with E-state index < -0.39 is 10.0 Å². The van der Waals surface area contributed by atoms with Gasteiger partial charge in [0.25, 0.3) is 5.91 Å². The highest BCUT2D eigenvalue weighted by Gasteiger charge is 2.27. The van der Waals surface area contributed by atoms with Gasteiger partial charge in [0.15, 0.2) is 0 Å². The number of aromatic amines is 1. The summed E-state index contributed by atoms with van der Waals surface area (Å²) in [6.45, 7) is 7.30. The van der Waals surface area contributed by atoms with Crippen molar-refractivity contribution in [2.75, 3.05) is 29.9 Å². The van der Waals surface area contributed by atoms with Gasteiger partial charge in [0.05, 0.1) is 0 Å². The average molecular weight is 454 g/mol. The van der Waals surface area contributed by atoms with Crippen molar-refractivity contribution < 1.29 is 13.2 Å². The molecule has 0 spiro atoms. The second-order valence-corrected chi connectivity index (χ2v) is 11.7. The number of benzene rings is 1. The number of hydrogen-bond acceptors (Lipinski definition) is 5. The molecule has 3 rings (SSSR count). The van der Waals surface area contributed by atoms with Crippen molar-refractivity contribution in [3.05, 3.63) is 41.7 Å². The molecule has 9 heteroatoms. The van der Waals surface area contributed by atoms with Crippen LogP contribution < -0.4 is 5.32 Å². The molecule has 0 bridgehead atoms. The Balaban J connectivity index is 1.70. The van der Waals surface area contributed by atoms with Crippen LogP contribution in [0.1, 0.15) is 36.3 Å². The summed E-state index contributed by atoms with van der Waals surface area (Å²) in [5.74, 6) is 1.23. The molecule has 2 heterocycles. The molecule has 1 aromatic carbocycles. The third kappa shape index (κ3) is 5.39. The zero-order valence-electron chi connectivity index (χ0n) is 16.9. The summed E-state index contributed by atoms with van der Waals surface area (Å²) in [7, 11) is -3.57. The molecule has 0 aliphatic carbocycles. The first-order valence-corrected chi connectivity index (χ1v) is 13.1. The maximum Gasteiger partial charge on any atom is 0.272 e. The van der Waals surface area contributed by atoms with Crippen LogP contribution in [0.2, 0.25) is 0 Å². The number of carbonyl (C=O) groups is 1. The van der Waals surface area contributed by atoms with Crippen molar-refractivity contribution in [3.8, 4) is 0 Å². The van der Waals surface area contributed by atoms with Crippen LogP contribution in [0.15, 0.2) is 40.3 Å². The van der Waals surface area contributed by atoms with Gasteiger partial charge in [-0.15, -0.1) is 11.8 Å². The Bertz CT molecular complexity index is 966. The molecule has 0 radical (unpaired) electrons. The van der Waals surface area contributed by atoms with Gasteiger partial charge in [-0.2, -0.15) is 16.1 Å². The van der Waals surface area contributed by atoms with Crippen molar-refractivity contribution in [3.63, 3.8) is 0 Å². The Labute approximate surface area is 181 Å². The third-order valence-corrected chi connectivity index (χ3v) is 8.95. The summed E-state index contributed by atoms with van der Waals surface area (Å²) in [6, 6.07) is 7.36. The molecule has 1 amide bonds. The summed E-state index contributed by atoms with van der Waals surface area (Å²) < 4.78 is 27.0. The molecule has 2 aromatic rings. The maximum absolute atomic E-state index is 12.7. The van der Waals surface area contributed by atoms with E-state index in [0.29, 0.717) is 18.3 Å². The zero-order valence-corrected chi connectivity index (χ0v) is 19.3. The highest BCUT2D eigenvalue weighted by atomic mass is 32.2. The van der Waals surface area contributed by atoms with Gasteiger partial charge >= 0.3 is 0 Å². The Kier molecular flexibility index (Phi) is 7.37. The van der Waals surface area contributed by atoms with Gasteiger partial charge in [-0.05, 0) is 43.2 Å². The molecule has 1 unspecified atom stereocenters. The summed E-state index contributed by atoms with van der Waals surface area (Å²) in [5.41, 5.74) is 1.92. The number of hydrogen-bond donors (Lipinski definition) is 2. The Morgan fingerprint density at radius 1 is 1.31 bits per heavy atom. The number of H-pyrrole nitrogens is 1. The quantitative estimate of drug-likeness (QED) is 0.614. The number of anilines is 1. The molecule has 1 aliphatic heterocycles. The van der Waals surface area contributed by atoms with E-state index in [1.165, 1.54) is 21.5 Å². The first-order valence-electron chi connectivity index (χ1n) is 9.66. The third-order valence-electron chi connectivity index (χ3n) is 4.87. The minimum Gasteiger partial charge on any atom is -0.356 e. The van der Waals surface area contributed by atoms with Gasteiger partial charge in [0, 0.05) is 46.6 Å². The summed E-state index contributed by atoms with van der Waals surface area (Å²) in [5, 5.41) is 3.41. The monoisotopic (exact) mass is 453 g/mol. The fourth-order valence-corrected chi connectivity index (χ4v) is 6.54. The number of aryl methyl sites for hydroxylation is 1. The number of nitrogens with one attached hydrogen (secondary N) is 2. The van der Waals surface area contributed by atoms with Crippen molar-refractivity contribution in [1.29, 1.82) is 0 Å². The lowest BCUT2D eigenvalue weighted by Crippen LogP contribution is -2.37. The molecular formula is C20H27N3O3S3. The molecular weight excluding hydrogens is 426 g/mol. The van der Waals surface area contributed by atoms with E-state index >= 15 is 0 Å². The number of sulfonamides is 1. The fraction of sp³-hybridized carbons (Fsp3) is 0.450. The van der Waals surface area contributed by atoms with Crippen molar-refractivity contribution in [2.24, 2.45) is 0 Å². The standard InChI is InChI=1S/C20H27N3O3S3/c1-4-15(3)28-16-5-6-18(14(2)11-16)22-20(24)19-12-17(13-21-19)29(25,26)23-7-9-27-10-8-23/h5-6,11-13,15,21H,4,7-10H2,1-3H3,(H,22,24). The van der Waals surface area contributed by atoms with E-state index in [0.717, 1.165) is 29.2 Å². The predicted molar refractivity (Wildman–Crippen MR) is 122 cm³/mol. The predicted octanol–water partition coefficient (Wildman–Crippen LogP) is 4.20. The topological polar surface area (TPSA) is 82.3 Å². The molecule has 6 nitrogen and oxygen atoms in total. The highest BCUT2D eigenvalue weighted by molar-refractivity contribution is 8.00. The lowest BCUT2D eigenvalue weighted by atomic mass is 10.2. The minimum absolute atomic E-state index is 0.131. The first kappa shape index (κ1) is 22.3. The van der Waals surface area contributed by atoms with Crippen molar-refractivity contribution >= 4 is 45.1 Å². The van der Waals surface area contributed by atoms with E-state index in [-0.39, 0.29) is 16.5 Å². The zero-order chi connectivity index (χ0) is 21.0. The molecule has 29 heavy (non-hydrogen) atoms. The van der Waals surface area contributed by atoms with Crippen LogP contribution in [0.3, 0.4) is 0 Å². The lowest BCUT2D eigenvalue weighted by molar-refractivity contribution is 0.102. The van der Waals surface area contributed by atoms with Crippen LogP contribution in [0.5, 0.6) is 0 Å². The van der Waals surface area contributed by atoms with Gasteiger partial charge < -0.3 is 10.3 Å². The Morgan fingerprint density at radius 2 is 2.03 bits per heavy atom. The number of nitrogens with zero attached hydrogens (tertiary/aromatic N) is 1. The van der Waals surface area contributed by atoms with Crippen LogP contribution in [0.4, 0.5) is 5.69 Å². The smallest absolute Gasteiger partial charge is 0.272 e. The van der Waals surface area contributed by atoms with Crippen LogP contribution in [-0.2, 0) is 10.0 Å². The van der Waals surface area contributed by atoms with Gasteiger partial charge in [0.2, 0.25) is 10.0 Å². The van der Waals surface area contributed by atoms with E-state index in [1.54, 1.807) is 11.8 Å². The number of amides is 1. The Hall–Kier alpha value is -1.42. The van der Waals surface area contributed by atoms with Crippen LogP contribution in [0.25, 0.3) is 0 Å². The summed E-state index contributed by atoms with van der Waals surface area (Å²) >= 11 is 3.56. The molecule has 1 aliphatic rings. The number of carbonyl (C=O) groups excluding carboxylic acids is 1. The van der Waals surface area contributed by atoms with E-state index in [4.69, 9.17) is 0 Å². The summed E-state index contributed by atoms with van der Waals surface area (Å²) in [6.07, 6.45) is 2.49. The van der Waals surface area contributed by atoms with E-state index in [1.807, 2.05) is 30.8 Å². The maximum atomic E-state index is 12.7. The molecule has 1 atom stereocenters. The number of thioether (sulfide) groups is 2.